The Hall–Kier alpha value is -2.81. The highest BCUT2D eigenvalue weighted by Gasteiger charge is 2.21. The lowest BCUT2D eigenvalue weighted by Gasteiger charge is -2.20. The van der Waals surface area contributed by atoms with Gasteiger partial charge in [0.15, 0.2) is 0 Å². The average molecular weight is 318 g/mol. The van der Waals surface area contributed by atoms with Crippen molar-refractivity contribution in [1.82, 2.24) is 4.57 Å². The number of aryl methyl sites for hydroxylation is 1. The third-order valence-corrected chi connectivity index (χ3v) is 4.42. The van der Waals surface area contributed by atoms with Crippen LogP contribution in [0.3, 0.4) is 0 Å². The number of carbonyl (C=O) groups excluding carboxylic acids is 1. The molecule has 0 spiro atoms. The number of anilines is 1. The largest absolute Gasteiger partial charge is 0.342 e. The molecule has 0 fully saturated rings. The monoisotopic (exact) mass is 318 g/mol. The van der Waals surface area contributed by atoms with Crippen LogP contribution in [0.25, 0.3) is 0 Å². The van der Waals surface area contributed by atoms with Gasteiger partial charge in [0.25, 0.3) is 0 Å². The zero-order chi connectivity index (χ0) is 16.9. The van der Waals surface area contributed by atoms with Crippen molar-refractivity contribution in [2.75, 3.05) is 5.32 Å². The second kappa shape index (κ2) is 7.18. The van der Waals surface area contributed by atoms with Crippen LogP contribution in [0.4, 0.5) is 5.69 Å². The van der Waals surface area contributed by atoms with Gasteiger partial charge in [-0.05, 0) is 48.7 Å². The maximum Gasteiger partial charge on any atom is 0.247 e. The van der Waals surface area contributed by atoms with Crippen molar-refractivity contribution in [2.24, 2.45) is 0 Å². The molecule has 3 nitrogen and oxygen atoms in total. The SMILES string of the molecule is Cc1cccc(NC(=O)[C@H](Cc2ccccc2)n2cccc2)c1C. The fraction of sp³-hybridized carbons (Fsp3) is 0.190. The van der Waals surface area contributed by atoms with Crippen LogP contribution < -0.4 is 5.32 Å². The molecule has 0 unspecified atom stereocenters. The van der Waals surface area contributed by atoms with E-state index in [0.717, 1.165) is 16.8 Å². The summed E-state index contributed by atoms with van der Waals surface area (Å²) in [6.07, 6.45) is 4.54. The van der Waals surface area contributed by atoms with Crippen molar-refractivity contribution >= 4 is 11.6 Å². The van der Waals surface area contributed by atoms with Gasteiger partial charge in [0, 0.05) is 24.5 Å². The molecule has 1 N–H and O–H groups in total. The Morgan fingerprint density at radius 2 is 1.67 bits per heavy atom. The average Bonchev–Trinajstić information content (AvgIpc) is 3.12. The minimum Gasteiger partial charge on any atom is -0.342 e. The third kappa shape index (κ3) is 3.57. The summed E-state index contributed by atoms with van der Waals surface area (Å²) in [7, 11) is 0. The second-order valence-corrected chi connectivity index (χ2v) is 6.07. The van der Waals surface area contributed by atoms with Gasteiger partial charge >= 0.3 is 0 Å². The molecule has 1 heterocycles. The van der Waals surface area contributed by atoms with E-state index >= 15 is 0 Å². The molecule has 1 amide bonds. The highest BCUT2D eigenvalue weighted by atomic mass is 16.2. The summed E-state index contributed by atoms with van der Waals surface area (Å²) in [6, 6.07) is 19.7. The van der Waals surface area contributed by atoms with E-state index in [-0.39, 0.29) is 11.9 Å². The number of amides is 1. The van der Waals surface area contributed by atoms with Gasteiger partial charge in [-0.1, -0.05) is 42.5 Å². The van der Waals surface area contributed by atoms with Crippen LogP contribution in [-0.2, 0) is 11.2 Å². The molecule has 0 saturated carbocycles. The van der Waals surface area contributed by atoms with E-state index < -0.39 is 0 Å². The Bertz CT molecular complexity index is 807. The molecule has 122 valence electrons. The van der Waals surface area contributed by atoms with Crippen molar-refractivity contribution in [3.8, 4) is 0 Å². The number of rotatable bonds is 5. The highest BCUT2D eigenvalue weighted by molar-refractivity contribution is 5.94. The predicted molar refractivity (Wildman–Crippen MR) is 98.2 cm³/mol. The van der Waals surface area contributed by atoms with Crippen LogP contribution in [0, 0.1) is 13.8 Å². The van der Waals surface area contributed by atoms with Crippen molar-refractivity contribution in [3.63, 3.8) is 0 Å². The number of aromatic nitrogens is 1. The predicted octanol–water partition coefficient (Wildman–Crippen LogP) is 4.53. The maximum atomic E-state index is 12.9. The maximum absolute atomic E-state index is 12.9. The first-order chi connectivity index (χ1) is 11.6. The summed E-state index contributed by atoms with van der Waals surface area (Å²) in [5, 5.41) is 3.10. The third-order valence-electron chi connectivity index (χ3n) is 4.42. The van der Waals surface area contributed by atoms with Crippen molar-refractivity contribution in [2.45, 2.75) is 26.3 Å². The van der Waals surface area contributed by atoms with Crippen molar-refractivity contribution in [1.29, 1.82) is 0 Å². The van der Waals surface area contributed by atoms with E-state index in [9.17, 15) is 4.79 Å². The van der Waals surface area contributed by atoms with E-state index in [1.165, 1.54) is 5.56 Å². The molecule has 0 aliphatic carbocycles. The number of benzene rings is 2. The molecule has 1 atom stereocenters. The lowest BCUT2D eigenvalue weighted by atomic mass is 10.0. The Kier molecular flexibility index (Phi) is 4.80. The van der Waals surface area contributed by atoms with Gasteiger partial charge in [0.1, 0.15) is 6.04 Å². The smallest absolute Gasteiger partial charge is 0.247 e. The van der Waals surface area contributed by atoms with Crippen LogP contribution in [-0.4, -0.2) is 10.5 Å². The minimum atomic E-state index is -0.276. The van der Waals surface area contributed by atoms with Crippen molar-refractivity contribution in [3.05, 3.63) is 89.7 Å². The van der Waals surface area contributed by atoms with Gasteiger partial charge in [-0.2, -0.15) is 0 Å². The first kappa shape index (κ1) is 16.1. The summed E-state index contributed by atoms with van der Waals surface area (Å²) >= 11 is 0. The molecule has 2 aromatic carbocycles. The van der Waals surface area contributed by atoms with Gasteiger partial charge < -0.3 is 9.88 Å². The summed E-state index contributed by atoms with van der Waals surface area (Å²) in [4.78, 5) is 12.9. The highest BCUT2D eigenvalue weighted by Crippen LogP contribution is 2.21. The lowest BCUT2D eigenvalue weighted by molar-refractivity contribution is -0.119. The molecule has 0 aliphatic rings. The van der Waals surface area contributed by atoms with E-state index in [0.29, 0.717) is 6.42 Å². The lowest BCUT2D eigenvalue weighted by Crippen LogP contribution is -2.27. The number of nitrogens with zero attached hydrogens (tertiary/aromatic N) is 1. The summed E-state index contributed by atoms with van der Waals surface area (Å²) in [6.45, 7) is 4.09. The standard InChI is InChI=1S/C21H22N2O/c1-16-9-8-12-19(17(16)2)22-21(24)20(23-13-6-7-14-23)15-18-10-4-3-5-11-18/h3-14,20H,15H2,1-2H3,(H,22,24)/t20-/m0/s1. The number of carbonyl (C=O) groups is 1. The molecule has 24 heavy (non-hydrogen) atoms. The zero-order valence-corrected chi connectivity index (χ0v) is 14.1. The van der Waals surface area contributed by atoms with Gasteiger partial charge in [-0.25, -0.2) is 0 Å². The van der Waals surface area contributed by atoms with Crippen molar-refractivity contribution < 1.29 is 4.79 Å². The van der Waals surface area contributed by atoms with Gasteiger partial charge in [-0.3, -0.25) is 4.79 Å². The summed E-state index contributed by atoms with van der Waals surface area (Å²) in [5.41, 5.74) is 4.31. The number of hydrogen-bond acceptors (Lipinski definition) is 1. The molecule has 3 heteroatoms. The van der Waals surface area contributed by atoms with Gasteiger partial charge in [-0.15, -0.1) is 0 Å². The van der Waals surface area contributed by atoms with Crippen LogP contribution in [0.15, 0.2) is 73.1 Å². The number of hydrogen-bond donors (Lipinski definition) is 1. The van der Waals surface area contributed by atoms with Crippen LogP contribution in [0.5, 0.6) is 0 Å². The van der Waals surface area contributed by atoms with Crippen LogP contribution >= 0.6 is 0 Å². The van der Waals surface area contributed by atoms with Crippen LogP contribution in [0.2, 0.25) is 0 Å². The molecule has 0 saturated heterocycles. The molecule has 0 bridgehead atoms. The Labute approximate surface area is 143 Å². The Balaban J connectivity index is 1.85. The van der Waals surface area contributed by atoms with E-state index in [1.807, 2.05) is 66.3 Å². The second-order valence-electron chi connectivity index (χ2n) is 6.07. The first-order valence-electron chi connectivity index (χ1n) is 8.18. The first-order valence-corrected chi connectivity index (χ1v) is 8.18. The number of nitrogens with one attached hydrogen (secondary N) is 1. The molecule has 3 aromatic rings. The molecule has 1 aromatic heterocycles. The summed E-state index contributed by atoms with van der Waals surface area (Å²) in [5.74, 6) is 0.00348. The quantitative estimate of drug-likeness (QED) is 0.737. The van der Waals surface area contributed by atoms with Gasteiger partial charge in [0.05, 0.1) is 0 Å². The fourth-order valence-electron chi connectivity index (χ4n) is 2.83. The summed E-state index contributed by atoms with van der Waals surface area (Å²) < 4.78 is 1.97. The molecule has 3 rings (SSSR count). The Morgan fingerprint density at radius 3 is 2.38 bits per heavy atom. The molecule has 0 radical (unpaired) electrons. The molecular formula is C21H22N2O. The van der Waals surface area contributed by atoms with Crippen LogP contribution in [0.1, 0.15) is 22.7 Å². The molecule has 0 aliphatic heterocycles. The topological polar surface area (TPSA) is 34.0 Å². The minimum absolute atomic E-state index is 0.00348. The Morgan fingerprint density at radius 1 is 0.958 bits per heavy atom. The van der Waals surface area contributed by atoms with E-state index in [4.69, 9.17) is 0 Å². The normalized spacial score (nSPS) is 11.9. The van der Waals surface area contributed by atoms with E-state index in [1.54, 1.807) is 0 Å². The molecular weight excluding hydrogens is 296 g/mol. The van der Waals surface area contributed by atoms with Gasteiger partial charge in [0.2, 0.25) is 5.91 Å². The zero-order valence-electron chi connectivity index (χ0n) is 14.1. The van der Waals surface area contributed by atoms with E-state index in [2.05, 4.69) is 30.4 Å². The fourth-order valence-corrected chi connectivity index (χ4v) is 2.83.